The number of morpholine rings is 1. The molecular formula is C14H16BrNO4. The molecule has 1 aromatic rings. The third-order valence-corrected chi connectivity index (χ3v) is 3.89. The van der Waals surface area contributed by atoms with Gasteiger partial charge in [0.15, 0.2) is 0 Å². The number of carbonyl (C=O) groups is 2. The molecule has 0 bridgehead atoms. The predicted molar refractivity (Wildman–Crippen MR) is 76.2 cm³/mol. The van der Waals surface area contributed by atoms with E-state index in [-0.39, 0.29) is 12.0 Å². The zero-order valence-electron chi connectivity index (χ0n) is 11.1. The number of carbonyl (C=O) groups excluding carboxylic acids is 1. The van der Waals surface area contributed by atoms with Gasteiger partial charge in [0.25, 0.3) is 0 Å². The monoisotopic (exact) mass is 341 g/mol. The number of aliphatic carboxylic acids is 1. The molecule has 1 aliphatic heterocycles. The van der Waals surface area contributed by atoms with E-state index in [0.717, 1.165) is 10.0 Å². The van der Waals surface area contributed by atoms with Crippen LogP contribution in [0.3, 0.4) is 0 Å². The lowest BCUT2D eigenvalue weighted by molar-refractivity contribution is -0.154. The highest BCUT2D eigenvalue weighted by Gasteiger charge is 2.31. The van der Waals surface area contributed by atoms with Crippen molar-refractivity contribution in [1.29, 1.82) is 0 Å². The Kier molecular flexibility index (Phi) is 4.77. The molecule has 5 nitrogen and oxygen atoms in total. The van der Waals surface area contributed by atoms with E-state index in [9.17, 15) is 9.59 Å². The van der Waals surface area contributed by atoms with Crippen molar-refractivity contribution in [2.45, 2.75) is 13.0 Å². The van der Waals surface area contributed by atoms with Crippen molar-refractivity contribution in [3.05, 3.63) is 34.3 Å². The molecule has 2 atom stereocenters. The molecule has 108 valence electrons. The van der Waals surface area contributed by atoms with E-state index in [1.54, 1.807) is 4.90 Å². The summed E-state index contributed by atoms with van der Waals surface area (Å²) in [4.78, 5) is 24.5. The molecule has 0 aliphatic carbocycles. The Morgan fingerprint density at radius 2 is 2.05 bits per heavy atom. The highest BCUT2D eigenvalue weighted by molar-refractivity contribution is 9.10. The summed E-state index contributed by atoms with van der Waals surface area (Å²) in [7, 11) is 0. The van der Waals surface area contributed by atoms with Gasteiger partial charge in [0.2, 0.25) is 5.91 Å². The van der Waals surface area contributed by atoms with Gasteiger partial charge in [-0.3, -0.25) is 9.59 Å². The first-order valence-corrected chi connectivity index (χ1v) is 7.17. The van der Waals surface area contributed by atoms with Crippen molar-refractivity contribution >= 4 is 27.8 Å². The lowest BCUT2D eigenvalue weighted by Crippen LogP contribution is -2.45. The molecule has 1 heterocycles. The summed E-state index contributed by atoms with van der Waals surface area (Å²) >= 11 is 3.37. The topological polar surface area (TPSA) is 66.8 Å². The van der Waals surface area contributed by atoms with Crippen LogP contribution in [0.2, 0.25) is 0 Å². The van der Waals surface area contributed by atoms with E-state index in [2.05, 4.69) is 15.9 Å². The molecule has 2 rings (SSSR count). The van der Waals surface area contributed by atoms with Gasteiger partial charge in [-0.25, -0.2) is 0 Å². The summed E-state index contributed by atoms with van der Waals surface area (Å²) in [5.74, 6) is -2.47. The Bertz CT molecular complexity index is 502. The van der Waals surface area contributed by atoms with Gasteiger partial charge in [0.05, 0.1) is 13.2 Å². The molecule has 2 unspecified atom stereocenters. The number of carboxylic acids is 1. The van der Waals surface area contributed by atoms with Crippen LogP contribution in [0.15, 0.2) is 28.7 Å². The van der Waals surface area contributed by atoms with Gasteiger partial charge in [0, 0.05) is 11.0 Å². The minimum Gasteiger partial charge on any atom is -0.481 e. The quantitative estimate of drug-likeness (QED) is 0.854. The average molecular weight is 342 g/mol. The number of hydrogen-bond acceptors (Lipinski definition) is 3. The molecule has 1 aromatic carbocycles. The van der Waals surface area contributed by atoms with Crippen LogP contribution in [-0.4, -0.2) is 41.6 Å². The minimum absolute atomic E-state index is 0.207. The maximum atomic E-state index is 12.1. The van der Waals surface area contributed by atoms with Crippen molar-refractivity contribution in [1.82, 2.24) is 4.90 Å². The molecule has 20 heavy (non-hydrogen) atoms. The smallest absolute Gasteiger partial charge is 0.315 e. The van der Waals surface area contributed by atoms with Gasteiger partial charge in [-0.1, -0.05) is 28.1 Å². The Balaban J connectivity index is 2.07. The summed E-state index contributed by atoms with van der Waals surface area (Å²) in [6.07, 6.45) is -0.207. The first-order chi connectivity index (χ1) is 9.49. The number of carboxylic acid groups (broad SMARTS) is 1. The lowest BCUT2D eigenvalue weighted by Gasteiger charge is -2.34. The van der Waals surface area contributed by atoms with Crippen molar-refractivity contribution < 1.29 is 19.4 Å². The van der Waals surface area contributed by atoms with E-state index >= 15 is 0 Å². The molecule has 0 spiro atoms. The van der Waals surface area contributed by atoms with Crippen LogP contribution < -0.4 is 0 Å². The molecular weight excluding hydrogens is 326 g/mol. The number of nitrogens with zero attached hydrogens (tertiary/aromatic N) is 1. The number of ether oxygens (including phenoxy) is 1. The van der Waals surface area contributed by atoms with Gasteiger partial charge in [-0.2, -0.15) is 0 Å². The van der Waals surface area contributed by atoms with E-state index in [0.29, 0.717) is 19.7 Å². The van der Waals surface area contributed by atoms with E-state index in [1.807, 2.05) is 24.3 Å². The maximum Gasteiger partial charge on any atom is 0.315 e. The summed E-state index contributed by atoms with van der Waals surface area (Å²) in [5, 5.41) is 8.91. The first kappa shape index (κ1) is 15.0. The Morgan fingerprint density at radius 3 is 2.65 bits per heavy atom. The van der Waals surface area contributed by atoms with Gasteiger partial charge >= 0.3 is 5.97 Å². The molecule has 1 fully saturated rings. The highest BCUT2D eigenvalue weighted by Crippen LogP contribution is 2.24. The Hall–Kier alpha value is -1.40. The minimum atomic E-state index is -1.10. The third kappa shape index (κ3) is 3.37. The molecule has 6 heteroatoms. The maximum absolute atomic E-state index is 12.1. The number of benzene rings is 1. The van der Waals surface area contributed by atoms with E-state index < -0.39 is 11.9 Å². The zero-order valence-corrected chi connectivity index (χ0v) is 12.7. The molecule has 1 amide bonds. The van der Waals surface area contributed by atoms with Crippen molar-refractivity contribution in [2.24, 2.45) is 5.92 Å². The normalized spacial score (nSPS) is 20.5. The molecule has 0 radical (unpaired) electrons. The zero-order chi connectivity index (χ0) is 14.7. The van der Waals surface area contributed by atoms with E-state index in [1.165, 1.54) is 6.92 Å². The highest BCUT2D eigenvalue weighted by atomic mass is 79.9. The van der Waals surface area contributed by atoms with Crippen molar-refractivity contribution in [2.75, 3.05) is 19.7 Å². The average Bonchev–Trinajstić information content (AvgIpc) is 2.46. The molecule has 1 N–H and O–H groups in total. The fraction of sp³-hybridized carbons (Fsp3) is 0.429. The second-order valence-corrected chi connectivity index (χ2v) is 5.67. The first-order valence-electron chi connectivity index (χ1n) is 6.37. The van der Waals surface area contributed by atoms with E-state index in [4.69, 9.17) is 9.84 Å². The van der Waals surface area contributed by atoms with Crippen LogP contribution in [-0.2, 0) is 14.3 Å². The van der Waals surface area contributed by atoms with Gasteiger partial charge in [-0.15, -0.1) is 0 Å². The standard InChI is InChI=1S/C14H16BrNO4/c1-9(14(18)19)13(17)16-6-7-20-12(8-16)10-2-4-11(15)5-3-10/h2-5,9,12H,6-8H2,1H3,(H,18,19). The molecule has 1 aliphatic rings. The van der Waals surface area contributed by atoms with Crippen LogP contribution in [0.5, 0.6) is 0 Å². The Labute approximate surface area is 125 Å². The third-order valence-electron chi connectivity index (χ3n) is 3.36. The molecule has 0 saturated carbocycles. The summed E-state index contributed by atoms with van der Waals surface area (Å²) in [5.41, 5.74) is 0.980. The number of halogens is 1. The Morgan fingerprint density at radius 1 is 1.40 bits per heavy atom. The number of amides is 1. The van der Waals surface area contributed by atoms with Crippen molar-refractivity contribution in [3.8, 4) is 0 Å². The second kappa shape index (κ2) is 6.37. The number of rotatable bonds is 3. The van der Waals surface area contributed by atoms with Crippen LogP contribution in [0, 0.1) is 5.92 Å². The molecule has 0 aromatic heterocycles. The summed E-state index contributed by atoms with van der Waals surface area (Å²) < 4.78 is 6.64. The summed E-state index contributed by atoms with van der Waals surface area (Å²) in [6, 6.07) is 7.70. The second-order valence-electron chi connectivity index (χ2n) is 4.76. The summed E-state index contributed by atoms with van der Waals surface area (Å²) in [6.45, 7) is 2.65. The van der Waals surface area contributed by atoms with Crippen LogP contribution in [0.1, 0.15) is 18.6 Å². The van der Waals surface area contributed by atoms with Gasteiger partial charge in [0.1, 0.15) is 12.0 Å². The van der Waals surface area contributed by atoms with Crippen molar-refractivity contribution in [3.63, 3.8) is 0 Å². The fourth-order valence-electron chi connectivity index (χ4n) is 2.11. The fourth-order valence-corrected chi connectivity index (χ4v) is 2.37. The molecule has 1 saturated heterocycles. The van der Waals surface area contributed by atoms with Gasteiger partial charge in [-0.05, 0) is 24.6 Å². The lowest BCUT2D eigenvalue weighted by atomic mass is 10.1. The van der Waals surface area contributed by atoms with Crippen LogP contribution in [0.25, 0.3) is 0 Å². The van der Waals surface area contributed by atoms with Gasteiger partial charge < -0.3 is 14.7 Å². The van der Waals surface area contributed by atoms with Crippen LogP contribution in [0.4, 0.5) is 0 Å². The predicted octanol–water partition coefficient (Wildman–Crippen LogP) is 2.07. The number of hydrogen-bond donors (Lipinski definition) is 1. The van der Waals surface area contributed by atoms with Crippen LogP contribution >= 0.6 is 15.9 Å². The largest absolute Gasteiger partial charge is 0.481 e. The SMILES string of the molecule is CC(C(=O)O)C(=O)N1CCOC(c2ccc(Br)cc2)C1.